The molecule has 2 rings (SSSR count). The minimum absolute atomic E-state index is 0.131. The van der Waals surface area contributed by atoms with Crippen LogP contribution in [0.25, 0.3) is 11.8 Å². The summed E-state index contributed by atoms with van der Waals surface area (Å²) >= 11 is 6.20. The summed E-state index contributed by atoms with van der Waals surface area (Å²) in [6.45, 7) is 2.27. The number of hydrogen-bond donors (Lipinski definition) is 3. The lowest BCUT2D eigenvalue weighted by molar-refractivity contribution is -0.116. The zero-order valence-electron chi connectivity index (χ0n) is 10.7. The number of rotatable bonds is 3. The van der Waals surface area contributed by atoms with Gasteiger partial charge in [0.15, 0.2) is 0 Å². The smallest absolute Gasteiger partial charge is 0.225 e. The summed E-state index contributed by atoms with van der Waals surface area (Å²) in [6.07, 6.45) is 6.06. The zero-order valence-corrected chi connectivity index (χ0v) is 11.4. The van der Waals surface area contributed by atoms with E-state index in [1.54, 1.807) is 0 Å². The molecule has 0 aromatic heterocycles. The fraction of sp³-hybridized carbons (Fsp3) is 0.214. The van der Waals surface area contributed by atoms with Gasteiger partial charge in [0.1, 0.15) is 0 Å². The Morgan fingerprint density at radius 2 is 2.32 bits per heavy atom. The van der Waals surface area contributed by atoms with Gasteiger partial charge in [-0.05, 0) is 30.7 Å². The van der Waals surface area contributed by atoms with E-state index >= 15 is 0 Å². The highest BCUT2D eigenvalue weighted by Crippen LogP contribution is 2.32. The van der Waals surface area contributed by atoms with Crippen LogP contribution in [0.15, 0.2) is 24.4 Å². The molecule has 0 radical (unpaired) electrons. The molecule has 19 heavy (non-hydrogen) atoms. The highest BCUT2D eigenvalue weighted by molar-refractivity contribution is 6.34. The fourth-order valence-corrected chi connectivity index (χ4v) is 2.15. The summed E-state index contributed by atoms with van der Waals surface area (Å²) in [5.41, 5.74) is 8.99. The molecular formula is C14H16ClN3O. The normalized spacial score (nSPS) is 15.0. The van der Waals surface area contributed by atoms with Gasteiger partial charge in [-0.15, -0.1) is 0 Å². The maximum atomic E-state index is 11.6. The summed E-state index contributed by atoms with van der Waals surface area (Å²) < 4.78 is 0. The monoisotopic (exact) mass is 277 g/mol. The molecule has 4 nitrogen and oxygen atoms in total. The van der Waals surface area contributed by atoms with E-state index in [1.165, 1.54) is 0 Å². The summed E-state index contributed by atoms with van der Waals surface area (Å²) in [5.74, 6) is -0.131. The van der Waals surface area contributed by atoms with Crippen LogP contribution in [-0.2, 0) is 4.79 Å². The number of carbonyl (C=O) groups excluding carboxylic acids is 1. The van der Waals surface area contributed by atoms with Gasteiger partial charge in [0.2, 0.25) is 5.91 Å². The lowest BCUT2D eigenvalue weighted by Gasteiger charge is -2.18. The molecule has 0 unspecified atom stereocenters. The van der Waals surface area contributed by atoms with Gasteiger partial charge in [0.25, 0.3) is 0 Å². The molecule has 1 amide bonds. The standard InChI is InChI=1S/C14H16ClN3O/c1-2-12-10-8-11(15)13(18-14(19)3-5-16)7-9(10)4-6-17-12/h2,4,6-8,17H,3,5,16H2,1H3,(H,18,19)/b12-2+. The average molecular weight is 278 g/mol. The molecule has 0 aliphatic carbocycles. The Bertz CT molecular complexity index is 564. The van der Waals surface area contributed by atoms with Crippen molar-refractivity contribution < 1.29 is 4.79 Å². The number of fused-ring (bicyclic) bond motifs is 1. The molecule has 1 heterocycles. The van der Waals surface area contributed by atoms with Crippen molar-refractivity contribution in [3.05, 3.63) is 40.6 Å². The number of hydrogen-bond acceptors (Lipinski definition) is 3. The number of benzene rings is 1. The quantitative estimate of drug-likeness (QED) is 0.795. The molecule has 0 fully saturated rings. The second-order valence-corrected chi connectivity index (χ2v) is 4.59. The van der Waals surface area contributed by atoms with Crippen molar-refractivity contribution in [3.8, 4) is 0 Å². The Morgan fingerprint density at radius 1 is 1.53 bits per heavy atom. The van der Waals surface area contributed by atoms with E-state index in [2.05, 4.69) is 10.6 Å². The van der Waals surface area contributed by atoms with E-state index in [-0.39, 0.29) is 12.3 Å². The van der Waals surface area contributed by atoms with Crippen molar-refractivity contribution in [1.29, 1.82) is 0 Å². The fourth-order valence-electron chi connectivity index (χ4n) is 1.94. The molecule has 1 aromatic rings. The second kappa shape index (κ2) is 5.91. The van der Waals surface area contributed by atoms with Crippen molar-refractivity contribution in [2.45, 2.75) is 13.3 Å². The maximum Gasteiger partial charge on any atom is 0.225 e. The van der Waals surface area contributed by atoms with Gasteiger partial charge < -0.3 is 16.4 Å². The van der Waals surface area contributed by atoms with Crippen molar-refractivity contribution in [2.24, 2.45) is 5.73 Å². The molecule has 100 valence electrons. The van der Waals surface area contributed by atoms with Crippen LogP contribution in [0, 0.1) is 0 Å². The molecule has 1 aromatic carbocycles. The maximum absolute atomic E-state index is 11.6. The Hall–Kier alpha value is -1.78. The Labute approximate surface area is 117 Å². The average Bonchev–Trinajstić information content (AvgIpc) is 2.39. The molecular weight excluding hydrogens is 262 g/mol. The molecule has 0 bridgehead atoms. The highest BCUT2D eigenvalue weighted by Gasteiger charge is 2.14. The van der Waals surface area contributed by atoms with Crippen molar-refractivity contribution in [1.82, 2.24) is 5.32 Å². The number of carbonyl (C=O) groups is 1. The number of anilines is 1. The van der Waals surface area contributed by atoms with Crippen LogP contribution in [0.3, 0.4) is 0 Å². The predicted octanol–water partition coefficient (Wildman–Crippen LogP) is 2.56. The van der Waals surface area contributed by atoms with E-state index in [0.717, 1.165) is 16.8 Å². The van der Waals surface area contributed by atoms with Crippen molar-refractivity contribution in [2.75, 3.05) is 11.9 Å². The zero-order chi connectivity index (χ0) is 13.8. The van der Waals surface area contributed by atoms with Crippen LogP contribution in [-0.4, -0.2) is 12.5 Å². The van der Waals surface area contributed by atoms with Gasteiger partial charge in [-0.3, -0.25) is 4.79 Å². The first kappa shape index (κ1) is 13.6. The largest absolute Gasteiger partial charge is 0.361 e. The second-order valence-electron chi connectivity index (χ2n) is 4.19. The first-order valence-electron chi connectivity index (χ1n) is 6.09. The van der Waals surface area contributed by atoms with Crippen LogP contribution < -0.4 is 16.4 Å². The van der Waals surface area contributed by atoms with Gasteiger partial charge in [-0.2, -0.15) is 0 Å². The lowest BCUT2D eigenvalue weighted by Crippen LogP contribution is -2.17. The lowest BCUT2D eigenvalue weighted by atomic mass is 10.0. The Balaban J connectivity index is 2.34. The minimum atomic E-state index is -0.131. The van der Waals surface area contributed by atoms with Crippen molar-refractivity contribution >= 4 is 35.0 Å². The minimum Gasteiger partial charge on any atom is -0.361 e. The van der Waals surface area contributed by atoms with Gasteiger partial charge in [-0.25, -0.2) is 0 Å². The summed E-state index contributed by atoms with van der Waals surface area (Å²) in [6, 6.07) is 3.72. The predicted molar refractivity (Wildman–Crippen MR) is 79.6 cm³/mol. The first-order valence-corrected chi connectivity index (χ1v) is 6.46. The molecule has 1 aliphatic rings. The summed E-state index contributed by atoms with van der Waals surface area (Å²) in [4.78, 5) is 11.6. The number of nitrogens with two attached hydrogens (primary N) is 1. The molecule has 4 N–H and O–H groups in total. The third kappa shape index (κ3) is 2.97. The third-order valence-electron chi connectivity index (χ3n) is 2.87. The topological polar surface area (TPSA) is 67.1 Å². The first-order chi connectivity index (χ1) is 9.15. The van der Waals surface area contributed by atoms with Crippen LogP contribution in [0.5, 0.6) is 0 Å². The van der Waals surface area contributed by atoms with Gasteiger partial charge >= 0.3 is 0 Å². The van der Waals surface area contributed by atoms with E-state index in [1.807, 2.05) is 37.4 Å². The van der Waals surface area contributed by atoms with E-state index in [0.29, 0.717) is 17.3 Å². The van der Waals surface area contributed by atoms with Gasteiger partial charge in [0.05, 0.1) is 10.7 Å². The molecule has 0 spiro atoms. The Kier molecular flexibility index (Phi) is 4.24. The SMILES string of the molecule is C/C=C1/NC=Cc2cc(NC(=O)CCN)c(Cl)cc21. The van der Waals surface area contributed by atoms with Gasteiger partial charge in [0, 0.05) is 30.4 Å². The van der Waals surface area contributed by atoms with Gasteiger partial charge in [-0.1, -0.05) is 17.7 Å². The molecule has 1 aliphatic heterocycles. The van der Waals surface area contributed by atoms with E-state index in [9.17, 15) is 4.79 Å². The van der Waals surface area contributed by atoms with E-state index < -0.39 is 0 Å². The molecule has 5 heteroatoms. The van der Waals surface area contributed by atoms with Crippen molar-refractivity contribution in [3.63, 3.8) is 0 Å². The number of halogens is 1. The number of nitrogens with one attached hydrogen (secondary N) is 2. The molecule has 0 saturated carbocycles. The van der Waals surface area contributed by atoms with E-state index in [4.69, 9.17) is 17.3 Å². The third-order valence-corrected chi connectivity index (χ3v) is 3.18. The molecule has 0 saturated heterocycles. The van der Waals surface area contributed by atoms with Crippen LogP contribution >= 0.6 is 11.6 Å². The van der Waals surface area contributed by atoms with Crippen LogP contribution in [0.4, 0.5) is 5.69 Å². The molecule has 0 atom stereocenters. The van der Waals surface area contributed by atoms with Crippen LogP contribution in [0.2, 0.25) is 5.02 Å². The summed E-state index contributed by atoms with van der Waals surface area (Å²) in [5, 5.41) is 6.43. The summed E-state index contributed by atoms with van der Waals surface area (Å²) in [7, 11) is 0. The van der Waals surface area contributed by atoms with Crippen LogP contribution in [0.1, 0.15) is 24.5 Å². The Morgan fingerprint density at radius 3 is 3.00 bits per heavy atom. The highest BCUT2D eigenvalue weighted by atomic mass is 35.5. The number of amides is 1. The number of allylic oxidation sites excluding steroid dienone is 1.